The summed E-state index contributed by atoms with van der Waals surface area (Å²) in [6, 6.07) is 5.31. The van der Waals surface area contributed by atoms with E-state index in [1.807, 2.05) is 0 Å². The summed E-state index contributed by atoms with van der Waals surface area (Å²) >= 11 is 0. The first kappa shape index (κ1) is 29.4. The zero-order valence-corrected chi connectivity index (χ0v) is 26.3. The third-order valence-corrected chi connectivity index (χ3v) is 10.7. The Kier molecular flexibility index (Phi) is 7.29. The van der Waals surface area contributed by atoms with Crippen LogP contribution in [-0.4, -0.2) is 87.9 Å². The molecule has 3 aliphatic heterocycles. The number of likely N-dealkylation sites (tertiary alicyclic amines) is 1. The van der Waals surface area contributed by atoms with Crippen LogP contribution in [0.15, 0.2) is 30.6 Å². The second-order valence-corrected chi connectivity index (χ2v) is 14.6. The van der Waals surface area contributed by atoms with Gasteiger partial charge in [0.1, 0.15) is 5.82 Å². The molecule has 1 aliphatic carbocycles. The highest BCUT2D eigenvalue weighted by atomic mass is 32.2. The minimum absolute atomic E-state index is 0.00399. The summed E-state index contributed by atoms with van der Waals surface area (Å²) < 4.78 is 48.8. The van der Waals surface area contributed by atoms with E-state index in [0.717, 1.165) is 56.5 Å². The molecule has 2 aromatic heterocycles. The Morgan fingerprint density at radius 1 is 1.02 bits per heavy atom. The van der Waals surface area contributed by atoms with Gasteiger partial charge in [0.05, 0.1) is 40.9 Å². The lowest BCUT2D eigenvalue weighted by Crippen LogP contribution is -2.51. The van der Waals surface area contributed by atoms with Crippen molar-refractivity contribution in [3.63, 3.8) is 0 Å². The third kappa shape index (κ3) is 4.91. The predicted octanol–water partition coefficient (Wildman–Crippen LogP) is 4.29. The van der Waals surface area contributed by atoms with E-state index in [9.17, 15) is 13.2 Å². The van der Waals surface area contributed by atoms with Gasteiger partial charge in [-0.2, -0.15) is 0 Å². The van der Waals surface area contributed by atoms with E-state index in [1.54, 1.807) is 43.6 Å². The fourth-order valence-electron chi connectivity index (χ4n) is 7.84. The first-order valence-corrected chi connectivity index (χ1v) is 17.4. The molecule has 5 heterocycles. The molecule has 0 bridgehead atoms. The second kappa shape index (κ2) is 10.9. The number of amides is 1. The number of rotatable bonds is 6. The van der Waals surface area contributed by atoms with Crippen LogP contribution in [0, 0.1) is 5.82 Å². The number of fused-ring (bicyclic) bond motifs is 4. The number of sulfonamides is 1. The zero-order valence-electron chi connectivity index (χ0n) is 25.5. The molecular formula is C32H39FN6O4S. The minimum Gasteiger partial charge on any atom is -0.381 e. The number of piperidine rings is 2. The van der Waals surface area contributed by atoms with Gasteiger partial charge in [0, 0.05) is 67.6 Å². The van der Waals surface area contributed by atoms with Crippen molar-refractivity contribution in [1.82, 2.24) is 14.9 Å². The first-order chi connectivity index (χ1) is 21.1. The van der Waals surface area contributed by atoms with Crippen molar-refractivity contribution >= 4 is 44.0 Å². The van der Waals surface area contributed by atoms with Gasteiger partial charge in [-0.05, 0) is 63.7 Å². The van der Waals surface area contributed by atoms with Crippen LogP contribution in [0.3, 0.4) is 0 Å². The molecule has 7 rings (SSSR count). The lowest BCUT2D eigenvalue weighted by atomic mass is 9.62. The molecule has 4 aliphatic rings. The number of likely N-dealkylation sites (N-methyl/N-ethyl adjacent to an activating group) is 1. The summed E-state index contributed by atoms with van der Waals surface area (Å²) in [4.78, 5) is 29.0. The van der Waals surface area contributed by atoms with E-state index in [4.69, 9.17) is 9.72 Å². The highest BCUT2D eigenvalue weighted by Gasteiger charge is 2.58. The third-order valence-electron chi connectivity index (χ3n) is 10.1. The van der Waals surface area contributed by atoms with Crippen molar-refractivity contribution in [3.05, 3.63) is 42.0 Å². The van der Waals surface area contributed by atoms with Gasteiger partial charge in [-0.15, -0.1) is 0 Å². The number of hydrogen-bond donors (Lipinski definition) is 1. The molecule has 2 saturated heterocycles. The van der Waals surface area contributed by atoms with Gasteiger partial charge in [-0.1, -0.05) is 6.42 Å². The molecular weight excluding hydrogens is 583 g/mol. The Labute approximate surface area is 257 Å². The Morgan fingerprint density at radius 3 is 2.43 bits per heavy atom. The van der Waals surface area contributed by atoms with Gasteiger partial charge in [-0.3, -0.25) is 14.5 Å². The Hall–Kier alpha value is -3.35. The van der Waals surface area contributed by atoms with Crippen molar-refractivity contribution in [1.29, 1.82) is 0 Å². The van der Waals surface area contributed by atoms with Crippen LogP contribution in [0.2, 0.25) is 0 Å². The highest BCUT2D eigenvalue weighted by Crippen LogP contribution is 2.56. The van der Waals surface area contributed by atoms with Crippen molar-refractivity contribution in [3.8, 4) is 11.1 Å². The molecule has 1 aromatic carbocycles. The van der Waals surface area contributed by atoms with Crippen molar-refractivity contribution in [2.45, 2.75) is 62.5 Å². The molecule has 1 saturated carbocycles. The average molecular weight is 623 g/mol. The molecule has 0 unspecified atom stereocenters. The lowest BCUT2D eigenvalue weighted by molar-refractivity contribution is -0.131. The first-order valence-electron chi connectivity index (χ1n) is 15.5. The number of hydrogen-bond acceptors (Lipinski definition) is 8. The van der Waals surface area contributed by atoms with Gasteiger partial charge in [0.15, 0.2) is 5.82 Å². The SMILES string of the molecule is COC1CC2(C1)C(=O)N(C)c1cnc3cc(F)c(-c4cnc(N5CCC(N6CCCCC6)CC5)c(NS(C)(=O)=O)c4)cc3c12. The van der Waals surface area contributed by atoms with E-state index in [1.165, 1.54) is 25.3 Å². The number of halogens is 1. The molecule has 12 heteroatoms. The van der Waals surface area contributed by atoms with Crippen molar-refractivity contribution < 1.29 is 22.3 Å². The van der Waals surface area contributed by atoms with Crippen LogP contribution in [0.5, 0.6) is 0 Å². The minimum atomic E-state index is -3.63. The van der Waals surface area contributed by atoms with Crippen LogP contribution >= 0.6 is 0 Å². The molecule has 234 valence electrons. The van der Waals surface area contributed by atoms with Gasteiger partial charge in [0.2, 0.25) is 15.9 Å². The van der Waals surface area contributed by atoms with E-state index in [2.05, 4.69) is 19.5 Å². The summed E-state index contributed by atoms with van der Waals surface area (Å²) in [6.45, 7) is 3.82. The normalized spacial score (nSPS) is 24.6. The molecule has 0 atom stereocenters. The van der Waals surface area contributed by atoms with Crippen LogP contribution in [0.1, 0.15) is 50.5 Å². The van der Waals surface area contributed by atoms with Gasteiger partial charge in [0.25, 0.3) is 0 Å². The number of aromatic nitrogens is 2. The molecule has 44 heavy (non-hydrogen) atoms. The molecule has 1 spiro atoms. The van der Waals surface area contributed by atoms with Gasteiger partial charge in [-0.25, -0.2) is 17.8 Å². The Balaban J connectivity index is 1.26. The maximum absolute atomic E-state index is 15.7. The van der Waals surface area contributed by atoms with E-state index >= 15 is 4.39 Å². The maximum atomic E-state index is 15.7. The van der Waals surface area contributed by atoms with Gasteiger partial charge < -0.3 is 19.4 Å². The van der Waals surface area contributed by atoms with Crippen molar-refractivity contribution in [2.75, 3.05) is 61.1 Å². The van der Waals surface area contributed by atoms with Crippen molar-refractivity contribution in [2.24, 2.45) is 0 Å². The second-order valence-electron chi connectivity index (χ2n) is 12.9. The number of benzene rings is 1. The molecule has 3 fully saturated rings. The summed E-state index contributed by atoms with van der Waals surface area (Å²) in [5, 5.41) is 0.702. The Morgan fingerprint density at radius 2 is 1.75 bits per heavy atom. The smallest absolute Gasteiger partial charge is 0.237 e. The molecule has 0 radical (unpaired) electrons. The summed E-state index contributed by atoms with van der Waals surface area (Å²) in [5.74, 6) is 0.0456. The fourth-order valence-corrected chi connectivity index (χ4v) is 8.39. The quantitative estimate of drug-likeness (QED) is 0.434. The van der Waals surface area contributed by atoms with E-state index in [-0.39, 0.29) is 17.6 Å². The number of pyridine rings is 2. The molecule has 10 nitrogen and oxygen atoms in total. The number of nitrogens with zero attached hydrogens (tertiary/aromatic N) is 5. The van der Waals surface area contributed by atoms with Crippen LogP contribution in [0.25, 0.3) is 22.0 Å². The average Bonchev–Trinajstić information content (AvgIpc) is 3.22. The molecule has 1 N–H and O–H groups in total. The topological polar surface area (TPSA) is 108 Å². The van der Waals surface area contributed by atoms with Gasteiger partial charge >= 0.3 is 0 Å². The number of methoxy groups -OCH3 is 1. The van der Waals surface area contributed by atoms with E-state index < -0.39 is 21.3 Å². The van der Waals surface area contributed by atoms with E-state index in [0.29, 0.717) is 46.9 Å². The highest BCUT2D eigenvalue weighted by molar-refractivity contribution is 7.92. The predicted molar refractivity (Wildman–Crippen MR) is 169 cm³/mol. The standard InChI is InChI=1S/C32H39FN6O4S/c1-37-28-19-34-26-15-25(33)23(14-24(26)29(28)32(31(37)40)16-22(17-32)43-2)20-13-27(36-44(3,41)42)30(35-18-20)39-11-7-21(8-12-39)38-9-5-4-6-10-38/h13-15,18-19,21-22,36H,4-12,16-17H2,1-3H3. The fraction of sp³-hybridized carbons (Fsp3) is 0.531. The zero-order chi connectivity index (χ0) is 30.8. The lowest BCUT2D eigenvalue weighted by Gasteiger charge is -2.43. The molecule has 3 aromatic rings. The van der Waals surface area contributed by atoms with Crippen LogP contribution in [0.4, 0.5) is 21.6 Å². The number of nitrogens with one attached hydrogen (secondary N) is 1. The largest absolute Gasteiger partial charge is 0.381 e. The monoisotopic (exact) mass is 622 g/mol. The van der Waals surface area contributed by atoms with Crippen LogP contribution < -0.4 is 14.5 Å². The number of carbonyl (C=O) groups is 1. The Bertz CT molecular complexity index is 1730. The summed E-state index contributed by atoms with van der Waals surface area (Å²) in [5.41, 5.74) is 2.33. The number of ether oxygens (including phenoxy) is 1. The summed E-state index contributed by atoms with van der Waals surface area (Å²) in [7, 11) is -0.239. The summed E-state index contributed by atoms with van der Waals surface area (Å²) in [6.07, 6.45) is 11.2. The molecule has 1 amide bonds. The maximum Gasteiger partial charge on any atom is 0.237 e. The van der Waals surface area contributed by atoms with Crippen LogP contribution in [-0.2, 0) is 25.0 Å². The number of anilines is 3. The number of carbonyl (C=O) groups excluding carboxylic acids is 1.